The first kappa shape index (κ1) is 43.6. The predicted molar refractivity (Wildman–Crippen MR) is 193 cm³/mol. The van der Waals surface area contributed by atoms with E-state index in [1.54, 1.807) is 0 Å². The SMILES string of the molecule is O=C([C@@H](O)c1ncccc1F)N1Cc2cn(S(=O)(=O)c3cnn(CC(F)F)c3)nc2C1.O=C([C@H](O)c1ncccc1F)N1Cc2cn(S(=O)(=O)c3cnn(CC(F)F)c3)nc2C1. The second kappa shape index (κ2) is 17.1. The van der Waals surface area contributed by atoms with Gasteiger partial charge in [0.15, 0.2) is 12.2 Å². The number of hydrogen-bond donors (Lipinski definition) is 2. The minimum Gasteiger partial charge on any atom is -0.377 e. The van der Waals surface area contributed by atoms with Crippen LogP contribution in [0.25, 0.3) is 0 Å². The molecule has 0 aromatic carbocycles. The molecule has 6 aromatic rings. The summed E-state index contributed by atoms with van der Waals surface area (Å²) in [6.07, 6.45) is -0.321. The molecule has 2 aliphatic heterocycles. The Balaban J connectivity index is 0.000000186. The number of carbonyl (C=O) groups excluding carboxylic acids is 2. The summed E-state index contributed by atoms with van der Waals surface area (Å²) in [7, 11) is -8.34. The Bertz CT molecular complexity index is 2630. The molecule has 0 saturated heterocycles. The van der Waals surface area contributed by atoms with Crippen LogP contribution < -0.4 is 0 Å². The van der Waals surface area contributed by atoms with E-state index in [2.05, 4.69) is 30.4 Å². The number of halogens is 6. The monoisotopic (exact) mass is 912 g/mol. The van der Waals surface area contributed by atoms with Crippen molar-refractivity contribution in [3.8, 4) is 0 Å². The van der Waals surface area contributed by atoms with Gasteiger partial charge < -0.3 is 20.0 Å². The lowest BCUT2D eigenvalue weighted by atomic mass is 10.2. The highest BCUT2D eigenvalue weighted by Crippen LogP contribution is 2.29. The maximum atomic E-state index is 13.8. The van der Waals surface area contributed by atoms with Crippen LogP contribution in [0.1, 0.15) is 46.1 Å². The van der Waals surface area contributed by atoms with Gasteiger partial charge in [-0.2, -0.15) is 45.4 Å². The van der Waals surface area contributed by atoms with E-state index in [0.717, 1.165) is 46.3 Å². The molecule has 0 radical (unpaired) electrons. The molecule has 328 valence electrons. The fourth-order valence-corrected chi connectivity index (χ4v) is 8.49. The number of fused-ring (bicyclic) bond motifs is 2. The Hall–Kier alpha value is -6.52. The van der Waals surface area contributed by atoms with Crippen LogP contribution in [0.5, 0.6) is 0 Å². The molecule has 20 nitrogen and oxygen atoms in total. The van der Waals surface area contributed by atoms with Crippen molar-refractivity contribution in [2.45, 2.75) is 74.1 Å². The Morgan fingerprint density at radius 3 is 1.35 bits per heavy atom. The summed E-state index contributed by atoms with van der Waals surface area (Å²) < 4.78 is 131. The zero-order valence-electron chi connectivity index (χ0n) is 31.3. The van der Waals surface area contributed by atoms with E-state index in [0.29, 0.717) is 19.3 Å². The van der Waals surface area contributed by atoms with Crippen molar-refractivity contribution >= 4 is 31.9 Å². The number of aromatic nitrogens is 10. The Kier molecular flexibility index (Phi) is 12.0. The zero-order valence-corrected chi connectivity index (χ0v) is 32.9. The van der Waals surface area contributed by atoms with Gasteiger partial charge in [0.25, 0.3) is 44.7 Å². The van der Waals surface area contributed by atoms with Gasteiger partial charge in [-0.25, -0.2) is 26.3 Å². The molecule has 2 atom stereocenters. The van der Waals surface area contributed by atoms with Crippen molar-refractivity contribution in [1.82, 2.24) is 57.7 Å². The normalized spacial score (nSPS) is 14.8. The van der Waals surface area contributed by atoms with Gasteiger partial charge in [-0.15, -0.1) is 0 Å². The molecule has 8 heterocycles. The molecule has 2 aliphatic rings. The van der Waals surface area contributed by atoms with Gasteiger partial charge in [0.1, 0.15) is 45.9 Å². The van der Waals surface area contributed by atoms with Crippen molar-refractivity contribution in [3.63, 3.8) is 0 Å². The molecule has 62 heavy (non-hydrogen) atoms. The van der Waals surface area contributed by atoms with Crippen LogP contribution in [0.3, 0.4) is 0 Å². The van der Waals surface area contributed by atoms with Crippen molar-refractivity contribution in [3.05, 3.63) is 119 Å². The quantitative estimate of drug-likeness (QED) is 0.165. The van der Waals surface area contributed by atoms with Gasteiger partial charge in [-0.3, -0.25) is 28.9 Å². The van der Waals surface area contributed by atoms with Gasteiger partial charge in [0, 0.05) is 61.4 Å². The smallest absolute Gasteiger partial charge is 0.286 e. The average Bonchev–Trinajstić information content (AvgIpc) is 4.07. The minimum absolute atomic E-state index is 0.0557. The molecule has 28 heteroatoms. The summed E-state index contributed by atoms with van der Waals surface area (Å²) in [5.41, 5.74) is 0.531. The van der Waals surface area contributed by atoms with E-state index >= 15 is 0 Å². The molecule has 0 unspecified atom stereocenters. The lowest BCUT2D eigenvalue weighted by Gasteiger charge is -2.19. The highest BCUT2D eigenvalue weighted by atomic mass is 32.2. The van der Waals surface area contributed by atoms with Crippen molar-refractivity contribution < 1.29 is 63.0 Å². The van der Waals surface area contributed by atoms with E-state index < -0.39 is 93.0 Å². The molecule has 0 saturated carbocycles. The highest BCUT2D eigenvalue weighted by molar-refractivity contribution is 7.90. The number of amides is 2. The van der Waals surface area contributed by atoms with Crippen LogP contribution >= 0.6 is 0 Å². The number of carbonyl (C=O) groups is 2. The molecule has 2 amide bonds. The first-order valence-corrected chi connectivity index (χ1v) is 20.6. The third-order valence-electron chi connectivity index (χ3n) is 9.26. The summed E-state index contributed by atoms with van der Waals surface area (Å²) in [5, 5.41) is 35.5. The number of rotatable bonds is 12. The Morgan fingerprint density at radius 1 is 0.629 bits per heavy atom. The van der Waals surface area contributed by atoms with Gasteiger partial charge in [0.05, 0.1) is 36.9 Å². The maximum absolute atomic E-state index is 13.8. The lowest BCUT2D eigenvalue weighted by Crippen LogP contribution is -2.32. The maximum Gasteiger partial charge on any atom is 0.286 e. The number of aliphatic hydroxyl groups excluding tert-OH is 2. The molecular formula is C34H30F6N12O8S2. The molecule has 0 fully saturated rings. The molecule has 8 rings (SSSR count). The molecular weight excluding hydrogens is 883 g/mol. The Morgan fingerprint density at radius 2 is 1.02 bits per heavy atom. The first-order valence-electron chi connectivity index (χ1n) is 17.7. The van der Waals surface area contributed by atoms with E-state index in [1.165, 1.54) is 46.7 Å². The lowest BCUT2D eigenvalue weighted by molar-refractivity contribution is -0.142. The van der Waals surface area contributed by atoms with Crippen molar-refractivity contribution in [2.24, 2.45) is 0 Å². The third kappa shape index (κ3) is 8.79. The van der Waals surface area contributed by atoms with Crippen LogP contribution in [0.2, 0.25) is 0 Å². The first-order chi connectivity index (χ1) is 29.3. The summed E-state index contributed by atoms with van der Waals surface area (Å²) in [6.45, 7) is -1.82. The fraction of sp³-hybridized carbons (Fsp3) is 0.294. The molecule has 2 N–H and O–H groups in total. The molecule has 0 aliphatic carbocycles. The number of aliphatic hydroxyl groups is 2. The fourth-order valence-electron chi connectivity index (χ4n) is 6.24. The van der Waals surface area contributed by atoms with E-state index in [1.807, 2.05) is 0 Å². The molecule has 0 bridgehead atoms. The largest absolute Gasteiger partial charge is 0.377 e. The Labute approximate surface area is 345 Å². The average molecular weight is 913 g/mol. The van der Waals surface area contributed by atoms with Gasteiger partial charge in [-0.1, -0.05) is 0 Å². The summed E-state index contributed by atoms with van der Waals surface area (Å²) in [4.78, 5) is 34.1. The van der Waals surface area contributed by atoms with E-state index in [-0.39, 0.29) is 47.4 Å². The van der Waals surface area contributed by atoms with Gasteiger partial charge in [0.2, 0.25) is 0 Å². The van der Waals surface area contributed by atoms with Crippen LogP contribution in [0.15, 0.2) is 83.6 Å². The van der Waals surface area contributed by atoms with Gasteiger partial charge in [-0.05, 0) is 24.3 Å². The number of hydrogen-bond acceptors (Lipinski definition) is 14. The number of alkyl halides is 4. The second-order valence-electron chi connectivity index (χ2n) is 13.5. The van der Waals surface area contributed by atoms with Gasteiger partial charge >= 0.3 is 0 Å². The topological polar surface area (TPSA) is 246 Å². The van der Waals surface area contributed by atoms with Crippen LogP contribution in [0, 0.1) is 11.6 Å². The van der Waals surface area contributed by atoms with Crippen LogP contribution in [0.4, 0.5) is 26.3 Å². The van der Waals surface area contributed by atoms with Crippen LogP contribution in [-0.4, -0.2) is 109 Å². The second-order valence-corrected chi connectivity index (χ2v) is 17.1. The highest BCUT2D eigenvalue weighted by Gasteiger charge is 2.36. The third-order valence-corrected chi connectivity index (χ3v) is 12.2. The molecule has 6 aromatic heterocycles. The number of pyridine rings is 2. The predicted octanol–water partition coefficient (Wildman–Crippen LogP) is 1.38. The van der Waals surface area contributed by atoms with Crippen molar-refractivity contribution in [1.29, 1.82) is 0 Å². The summed E-state index contributed by atoms with van der Waals surface area (Å²) in [5.74, 6) is -3.27. The van der Waals surface area contributed by atoms with Crippen LogP contribution in [-0.2, 0) is 68.9 Å². The summed E-state index contributed by atoms with van der Waals surface area (Å²) >= 11 is 0. The molecule has 0 spiro atoms. The standard InChI is InChI=1S/2C17H15F3N6O4S/c2*18-12-2-1-3-21-15(12)16(27)17(28)24-5-10-6-26(23-13(10)8-24)31(29,30)11-4-22-25(7-11)9-14(19)20/h2*1-4,6-7,14,16,27H,5,8-9H2/t2*16-/m10/s1. The van der Waals surface area contributed by atoms with E-state index in [4.69, 9.17) is 0 Å². The van der Waals surface area contributed by atoms with E-state index in [9.17, 15) is 63.0 Å². The van der Waals surface area contributed by atoms with Crippen molar-refractivity contribution in [2.75, 3.05) is 0 Å². The zero-order chi connectivity index (χ0) is 44.7. The minimum atomic E-state index is -4.17. The summed E-state index contributed by atoms with van der Waals surface area (Å²) in [6, 6.07) is 4.77. The number of nitrogens with zero attached hydrogens (tertiary/aromatic N) is 12.